The van der Waals surface area contributed by atoms with Crippen LogP contribution in [0.25, 0.3) is 5.65 Å². The summed E-state index contributed by atoms with van der Waals surface area (Å²) < 4.78 is 8.13. The summed E-state index contributed by atoms with van der Waals surface area (Å²) >= 11 is 3.47. The van der Waals surface area contributed by atoms with Crippen LogP contribution < -0.4 is 11.1 Å². The molecule has 2 aromatic heterocycles. The first kappa shape index (κ1) is 12.8. The lowest BCUT2D eigenvalue weighted by molar-refractivity contribution is 0.120. The molecule has 3 heterocycles. The van der Waals surface area contributed by atoms with E-state index in [9.17, 15) is 0 Å². The fourth-order valence-electron chi connectivity index (χ4n) is 2.20. The van der Waals surface area contributed by atoms with Crippen molar-refractivity contribution in [1.82, 2.24) is 14.6 Å². The van der Waals surface area contributed by atoms with Crippen molar-refractivity contribution in [2.45, 2.75) is 25.5 Å². The summed E-state index contributed by atoms with van der Waals surface area (Å²) in [6.07, 6.45) is 2.55. The van der Waals surface area contributed by atoms with Gasteiger partial charge in [-0.1, -0.05) is 0 Å². The topological polar surface area (TPSA) is 77.5 Å². The van der Waals surface area contributed by atoms with Crippen LogP contribution in [-0.4, -0.2) is 33.9 Å². The van der Waals surface area contributed by atoms with Crippen LogP contribution >= 0.6 is 15.9 Å². The molecular weight excluding hydrogens is 310 g/mol. The van der Waals surface area contributed by atoms with Crippen LogP contribution in [0.2, 0.25) is 0 Å². The molecule has 0 spiro atoms. The molecule has 0 saturated carbocycles. The molecule has 1 aliphatic rings. The molecule has 0 amide bonds. The molecule has 3 N–H and O–H groups in total. The minimum atomic E-state index is 0.295. The number of rotatable bonds is 4. The Morgan fingerprint density at radius 1 is 1.53 bits per heavy atom. The van der Waals surface area contributed by atoms with Gasteiger partial charge < -0.3 is 15.8 Å². The fourth-order valence-corrected chi connectivity index (χ4v) is 2.71. The normalized spacial score (nSPS) is 19.2. The number of hydrogen-bond donors (Lipinski definition) is 2. The van der Waals surface area contributed by atoms with Gasteiger partial charge in [0.15, 0.2) is 5.65 Å². The average molecular weight is 326 g/mol. The van der Waals surface area contributed by atoms with Gasteiger partial charge in [0, 0.05) is 19.7 Å². The van der Waals surface area contributed by atoms with Crippen molar-refractivity contribution < 1.29 is 4.74 Å². The largest absolute Gasteiger partial charge is 0.376 e. The SMILES string of the molecule is NCc1nc2ccc(NCC3CCCO3)nn2c1Br. The van der Waals surface area contributed by atoms with E-state index in [1.807, 2.05) is 12.1 Å². The first-order valence-corrected chi connectivity index (χ1v) is 7.17. The highest BCUT2D eigenvalue weighted by Crippen LogP contribution is 2.19. The molecule has 3 rings (SSSR count). The van der Waals surface area contributed by atoms with Crippen LogP contribution in [0.3, 0.4) is 0 Å². The minimum Gasteiger partial charge on any atom is -0.376 e. The maximum atomic E-state index is 5.63. The van der Waals surface area contributed by atoms with Gasteiger partial charge in [-0.2, -0.15) is 0 Å². The lowest BCUT2D eigenvalue weighted by Crippen LogP contribution is -2.19. The van der Waals surface area contributed by atoms with Gasteiger partial charge in [0.2, 0.25) is 0 Å². The summed E-state index contributed by atoms with van der Waals surface area (Å²) in [6, 6.07) is 3.85. The smallest absolute Gasteiger partial charge is 0.155 e. The Kier molecular flexibility index (Phi) is 3.67. The predicted molar refractivity (Wildman–Crippen MR) is 76.0 cm³/mol. The average Bonchev–Trinajstić information content (AvgIpc) is 3.05. The lowest BCUT2D eigenvalue weighted by atomic mass is 10.2. The lowest BCUT2D eigenvalue weighted by Gasteiger charge is -2.11. The van der Waals surface area contributed by atoms with Gasteiger partial charge >= 0.3 is 0 Å². The quantitative estimate of drug-likeness (QED) is 0.891. The summed E-state index contributed by atoms with van der Waals surface area (Å²) in [6.45, 7) is 2.04. The Hall–Kier alpha value is -1.18. The summed E-state index contributed by atoms with van der Waals surface area (Å²) in [4.78, 5) is 4.39. The van der Waals surface area contributed by atoms with E-state index in [1.165, 1.54) is 0 Å². The highest BCUT2D eigenvalue weighted by molar-refractivity contribution is 9.10. The molecular formula is C12H16BrN5O. The van der Waals surface area contributed by atoms with Gasteiger partial charge in [-0.3, -0.25) is 0 Å². The highest BCUT2D eigenvalue weighted by Gasteiger charge is 2.15. The minimum absolute atomic E-state index is 0.295. The third-order valence-electron chi connectivity index (χ3n) is 3.22. The molecule has 1 saturated heterocycles. The monoisotopic (exact) mass is 325 g/mol. The van der Waals surface area contributed by atoms with Crippen molar-refractivity contribution in [3.05, 3.63) is 22.4 Å². The second-order valence-electron chi connectivity index (χ2n) is 4.56. The molecule has 0 aromatic carbocycles. The molecule has 0 aliphatic carbocycles. The zero-order chi connectivity index (χ0) is 13.2. The van der Waals surface area contributed by atoms with Crippen molar-refractivity contribution in [3.63, 3.8) is 0 Å². The second-order valence-corrected chi connectivity index (χ2v) is 5.31. The molecule has 19 heavy (non-hydrogen) atoms. The maximum Gasteiger partial charge on any atom is 0.155 e. The predicted octanol–water partition coefficient (Wildman–Crippen LogP) is 1.54. The van der Waals surface area contributed by atoms with E-state index < -0.39 is 0 Å². The van der Waals surface area contributed by atoms with Crippen LogP contribution in [-0.2, 0) is 11.3 Å². The number of hydrogen-bond acceptors (Lipinski definition) is 5. The summed E-state index contributed by atoms with van der Waals surface area (Å²) in [7, 11) is 0. The van der Waals surface area contributed by atoms with Gasteiger partial charge in [-0.15, -0.1) is 5.10 Å². The zero-order valence-corrected chi connectivity index (χ0v) is 12.1. The number of imidazole rings is 1. The highest BCUT2D eigenvalue weighted by atomic mass is 79.9. The number of ether oxygens (including phenoxy) is 1. The first-order chi connectivity index (χ1) is 9.28. The zero-order valence-electron chi connectivity index (χ0n) is 10.5. The standard InChI is InChI=1S/C12H16BrN5O/c13-12-9(6-14)16-11-4-3-10(17-18(11)12)15-7-8-2-1-5-19-8/h3-4,8H,1-2,5-7,14H2,(H,15,17). The molecule has 1 atom stereocenters. The van der Waals surface area contributed by atoms with Gasteiger partial charge in [0.05, 0.1) is 11.8 Å². The number of anilines is 1. The molecule has 6 nitrogen and oxygen atoms in total. The third-order valence-corrected chi connectivity index (χ3v) is 4.01. The summed E-state index contributed by atoms with van der Waals surface area (Å²) in [5.41, 5.74) is 7.22. The van der Waals surface area contributed by atoms with E-state index in [0.717, 1.165) is 47.8 Å². The summed E-state index contributed by atoms with van der Waals surface area (Å²) in [5.74, 6) is 0.810. The Labute approximate surface area is 119 Å². The number of nitrogens with zero attached hydrogens (tertiary/aromatic N) is 3. The van der Waals surface area contributed by atoms with Crippen molar-refractivity contribution >= 4 is 27.4 Å². The van der Waals surface area contributed by atoms with E-state index in [-0.39, 0.29) is 0 Å². The molecule has 102 valence electrons. The van der Waals surface area contributed by atoms with Gasteiger partial charge in [-0.25, -0.2) is 9.50 Å². The van der Waals surface area contributed by atoms with Crippen LogP contribution in [0.1, 0.15) is 18.5 Å². The molecule has 0 radical (unpaired) electrons. The Balaban J connectivity index is 1.78. The number of aromatic nitrogens is 3. The van der Waals surface area contributed by atoms with E-state index in [1.54, 1.807) is 4.52 Å². The van der Waals surface area contributed by atoms with Crippen molar-refractivity contribution in [1.29, 1.82) is 0 Å². The van der Waals surface area contributed by atoms with Crippen LogP contribution in [0.4, 0.5) is 5.82 Å². The molecule has 7 heteroatoms. The molecule has 1 fully saturated rings. The molecule has 0 bridgehead atoms. The Bertz CT molecular complexity index is 579. The van der Waals surface area contributed by atoms with Crippen LogP contribution in [0.5, 0.6) is 0 Å². The molecule has 1 unspecified atom stereocenters. The number of fused-ring (bicyclic) bond motifs is 1. The van der Waals surface area contributed by atoms with E-state index in [4.69, 9.17) is 10.5 Å². The first-order valence-electron chi connectivity index (χ1n) is 6.37. The van der Waals surface area contributed by atoms with Crippen molar-refractivity contribution in [2.75, 3.05) is 18.5 Å². The maximum absolute atomic E-state index is 5.63. The summed E-state index contributed by atoms with van der Waals surface area (Å²) in [5, 5.41) is 7.79. The van der Waals surface area contributed by atoms with Gasteiger partial charge in [0.25, 0.3) is 0 Å². The Morgan fingerprint density at radius 2 is 2.42 bits per heavy atom. The van der Waals surface area contributed by atoms with E-state index in [0.29, 0.717) is 12.6 Å². The third kappa shape index (κ3) is 2.58. The number of halogens is 1. The van der Waals surface area contributed by atoms with Crippen LogP contribution in [0, 0.1) is 0 Å². The van der Waals surface area contributed by atoms with Gasteiger partial charge in [-0.05, 0) is 40.9 Å². The van der Waals surface area contributed by atoms with Crippen molar-refractivity contribution in [3.8, 4) is 0 Å². The second kappa shape index (κ2) is 5.44. The number of nitrogens with one attached hydrogen (secondary N) is 1. The van der Waals surface area contributed by atoms with E-state index in [2.05, 4.69) is 31.3 Å². The molecule has 1 aliphatic heterocycles. The molecule has 2 aromatic rings. The van der Waals surface area contributed by atoms with E-state index >= 15 is 0 Å². The van der Waals surface area contributed by atoms with Crippen molar-refractivity contribution in [2.24, 2.45) is 5.73 Å². The van der Waals surface area contributed by atoms with Gasteiger partial charge in [0.1, 0.15) is 10.4 Å². The fraction of sp³-hybridized carbons (Fsp3) is 0.500. The van der Waals surface area contributed by atoms with Crippen LogP contribution in [0.15, 0.2) is 16.7 Å². The number of nitrogens with two attached hydrogens (primary N) is 1. The Morgan fingerprint density at radius 3 is 3.16 bits per heavy atom.